The van der Waals surface area contributed by atoms with Crippen LogP contribution in [0.4, 0.5) is 4.39 Å². The van der Waals surface area contributed by atoms with Crippen LogP contribution in [0, 0.1) is 5.82 Å². The number of aryl methyl sites for hydroxylation is 2. The van der Waals surface area contributed by atoms with Crippen molar-refractivity contribution < 1.29 is 28.2 Å². The number of unbranched alkanes of at least 4 members (excludes halogenated alkanes) is 1. The Hall–Kier alpha value is -3.76. The Bertz CT molecular complexity index is 1420. The average Bonchev–Trinajstić information content (AvgIpc) is 3.58. The third-order valence-corrected chi connectivity index (χ3v) is 6.34. The zero-order valence-corrected chi connectivity index (χ0v) is 22.4. The summed E-state index contributed by atoms with van der Waals surface area (Å²) in [5.74, 6) is 0.660. The van der Waals surface area contributed by atoms with Gasteiger partial charge in [-0.25, -0.2) is 19.2 Å². The van der Waals surface area contributed by atoms with Gasteiger partial charge in [0.25, 0.3) is 0 Å². The first-order chi connectivity index (χ1) is 18.5. The van der Waals surface area contributed by atoms with E-state index in [1.165, 1.54) is 19.4 Å². The minimum absolute atomic E-state index is 0.0979. The van der Waals surface area contributed by atoms with Crippen LogP contribution in [0.5, 0.6) is 5.75 Å². The number of halogens is 2. The van der Waals surface area contributed by atoms with Crippen LogP contribution in [0.25, 0.3) is 12.2 Å². The van der Waals surface area contributed by atoms with Gasteiger partial charge in [-0.15, -0.1) is 0 Å². The molecular weight excluding hydrogens is 557 g/mol. The van der Waals surface area contributed by atoms with E-state index in [1.807, 2.05) is 16.8 Å². The number of aromatic nitrogens is 3. The van der Waals surface area contributed by atoms with Crippen molar-refractivity contribution in [2.75, 3.05) is 7.11 Å². The van der Waals surface area contributed by atoms with Gasteiger partial charge in [-0.2, -0.15) is 0 Å². The van der Waals surface area contributed by atoms with Gasteiger partial charge in [-0.1, -0.05) is 28.1 Å². The zero-order valence-electron chi connectivity index (χ0n) is 20.8. The van der Waals surface area contributed by atoms with Crippen LogP contribution in [0.3, 0.4) is 0 Å². The van der Waals surface area contributed by atoms with Crippen LogP contribution in [0.15, 0.2) is 63.9 Å². The van der Waals surface area contributed by atoms with E-state index in [9.17, 15) is 14.3 Å². The topological polar surface area (TPSA) is 99.6 Å². The monoisotopic (exact) mass is 583 g/mol. The van der Waals surface area contributed by atoms with Crippen molar-refractivity contribution in [3.8, 4) is 5.75 Å². The van der Waals surface area contributed by atoms with Crippen LogP contribution >= 0.6 is 15.9 Å². The van der Waals surface area contributed by atoms with Gasteiger partial charge in [-0.3, -0.25) is 0 Å². The summed E-state index contributed by atoms with van der Waals surface area (Å²) in [6.07, 6.45) is 10.5. The van der Waals surface area contributed by atoms with E-state index in [4.69, 9.17) is 13.9 Å². The number of imidazole rings is 1. The number of rotatable bonds is 12. The van der Waals surface area contributed by atoms with E-state index >= 15 is 0 Å². The molecule has 0 saturated carbocycles. The van der Waals surface area contributed by atoms with E-state index in [2.05, 4.69) is 25.9 Å². The molecule has 0 bridgehead atoms. The second kappa shape index (κ2) is 13.2. The number of aliphatic hydroxyl groups excluding tert-OH is 1. The van der Waals surface area contributed by atoms with Gasteiger partial charge in [0.1, 0.15) is 42.6 Å². The molecular formula is C28H27BrFN3O5. The van der Waals surface area contributed by atoms with E-state index in [0.717, 1.165) is 24.9 Å². The summed E-state index contributed by atoms with van der Waals surface area (Å²) in [5, 5.41) is 9.32. The quantitative estimate of drug-likeness (QED) is 0.165. The van der Waals surface area contributed by atoms with Crippen molar-refractivity contribution in [1.82, 2.24) is 14.5 Å². The van der Waals surface area contributed by atoms with Gasteiger partial charge in [0, 0.05) is 35.1 Å². The van der Waals surface area contributed by atoms with Gasteiger partial charge in [0.05, 0.1) is 12.7 Å². The smallest absolute Gasteiger partial charge is 0.338 e. The molecule has 1 N–H and O–H groups in total. The van der Waals surface area contributed by atoms with Crippen molar-refractivity contribution in [2.45, 2.75) is 39.0 Å². The van der Waals surface area contributed by atoms with Gasteiger partial charge in [-0.05, 0) is 55.2 Å². The van der Waals surface area contributed by atoms with Gasteiger partial charge in [0.2, 0.25) is 5.89 Å². The normalized spacial score (nSPS) is 11.3. The number of methoxy groups -OCH3 is 1. The number of carbonyl (C=O) groups excluding carboxylic acids is 1. The molecule has 0 aliphatic rings. The first-order valence-corrected chi connectivity index (χ1v) is 12.8. The maximum Gasteiger partial charge on any atom is 0.338 e. The molecule has 2 aromatic carbocycles. The van der Waals surface area contributed by atoms with E-state index in [0.29, 0.717) is 45.2 Å². The molecule has 198 valence electrons. The van der Waals surface area contributed by atoms with Gasteiger partial charge < -0.3 is 23.6 Å². The number of hydrogen-bond acceptors (Lipinski definition) is 7. The molecule has 2 heterocycles. The Morgan fingerprint density at radius 1 is 1.21 bits per heavy atom. The molecule has 0 aliphatic carbocycles. The number of esters is 1. The lowest BCUT2D eigenvalue weighted by molar-refractivity contribution is 0.0599. The predicted molar refractivity (Wildman–Crippen MR) is 143 cm³/mol. The third kappa shape index (κ3) is 7.17. The maximum absolute atomic E-state index is 14.0. The van der Waals surface area contributed by atoms with Crippen molar-refractivity contribution in [3.63, 3.8) is 0 Å². The molecule has 0 radical (unpaired) electrons. The highest BCUT2D eigenvalue weighted by molar-refractivity contribution is 9.10. The summed E-state index contributed by atoms with van der Waals surface area (Å²) < 4.78 is 32.8. The summed E-state index contributed by atoms with van der Waals surface area (Å²) >= 11 is 3.23. The molecule has 0 saturated heterocycles. The number of nitrogens with zero attached hydrogens (tertiary/aromatic N) is 3. The largest absolute Gasteiger partial charge is 0.487 e. The number of aliphatic hydroxyl groups is 1. The van der Waals surface area contributed by atoms with E-state index in [1.54, 1.807) is 42.6 Å². The average molecular weight is 584 g/mol. The minimum atomic E-state index is -0.434. The number of benzene rings is 2. The second-order valence-electron chi connectivity index (χ2n) is 8.43. The molecule has 0 aliphatic heterocycles. The Balaban J connectivity index is 1.34. The lowest BCUT2D eigenvalue weighted by Crippen LogP contribution is -2.08. The highest BCUT2D eigenvalue weighted by Gasteiger charge is 2.14. The van der Waals surface area contributed by atoms with Crippen LogP contribution in [0.2, 0.25) is 0 Å². The van der Waals surface area contributed by atoms with Crippen LogP contribution in [-0.2, 0) is 30.9 Å². The van der Waals surface area contributed by atoms with Crippen LogP contribution in [0.1, 0.15) is 51.7 Å². The Morgan fingerprint density at radius 2 is 2.08 bits per heavy atom. The van der Waals surface area contributed by atoms with Crippen molar-refractivity contribution >= 4 is 34.1 Å². The zero-order chi connectivity index (χ0) is 26.9. The second-order valence-corrected chi connectivity index (χ2v) is 9.34. The minimum Gasteiger partial charge on any atom is -0.487 e. The van der Waals surface area contributed by atoms with E-state index in [-0.39, 0.29) is 19.0 Å². The molecule has 0 atom stereocenters. The molecule has 0 fully saturated rings. The lowest BCUT2D eigenvalue weighted by Gasteiger charge is -2.12. The van der Waals surface area contributed by atoms with Gasteiger partial charge in [0.15, 0.2) is 0 Å². The van der Waals surface area contributed by atoms with Crippen molar-refractivity contribution in [2.24, 2.45) is 0 Å². The number of oxazole rings is 1. The Kier molecular flexibility index (Phi) is 9.45. The number of hydrogen-bond donors (Lipinski definition) is 1. The molecule has 4 aromatic rings. The Labute approximate surface area is 227 Å². The number of ether oxygens (including phenoxy) is 2. The van der Waals surface area contributed by atoms with Gasteiger partial charge >= 0.3 is 5.97 Å². The molecule has 10 heteroatoms. The molecule has 4 rings (SSSR count). The maximum atomic E-state index is 14.0. The van der Waals surface area contributed by atoms with Crippen molar-refractivity contribution in [3.05, 3.63) is 99.4 Å². The molecule has 0 amide bonds. The lowest BCUT2D eigenvalue weighted by atomic mass is 10.0. The summed E-state index contributed by atoms with van der Waals surface area (Å²) in [5.41, 5.74) is 2.28. The van der Waals surface area contributed by atoms with Crippen LogP contribution in [-0.4, -0.2) is 32.7 Å². The molecule has 0 unspecified atom stereocenters. The molecule has 38 heavy (non-hydrogen) atoms. The summed E-state index contributed by atoms with van der Waals surface area (Å²) in [7, 11) is 1.35. The fourth-order valence-electron chi connectivity index (χ4n) is 3.88. The van der Waals surface area contributed by atoms with Crippen LogP contribution < -0.4 is 4.74 Å². The summed E-state index contributed by atoms with van der Waals surface area (Å²) in [4.78, 5) is 20.9. The third-order valence-electron chi connectivity index (χ3n) is 5.85. The standard InChI is InChI=1S/C28H27BrFN3O5/c1-36-28(35)24-15-23(9-6-19(24)4-2-3-12-33-13-11-31-26(33)16-34)37-17-22-18-38-27(32-22)10-7-20-5-8-21(29)14-25(20)30/h5-11,13-15,18,34H,2-4,12,16-17H2,1H3/b10-7+. The summed E-state index contributed by atoms with van der Waals surface area (Å²) in [6.45, 7) is 0.763. The number of carbonyl (C=O) groups is 1. The fraction of sp³-hybridized carbons (Fsp3) is 0.250. The molecule has 2 aromatic heterocycles. The van der Waals surface area contributed by atoms with Crippen molar-refractivity contribution in [1.29, 1.82) is 0 Å². The first kappa shape index (κ1) is 27.3. The highest BCUT2D eigenvalue weighted by atomic mass is 79.9. The molecule has 0 spiro atoms. The summed E-state index contributed by atoms with van der Waals surface area (Å²) in [6, 6.07) is 10.1. The highest BCUT2D eigenvalue weighted by Crippen LogP contribution is 2.22. The Morgan fingerprint density at radius 3 is 2.87 bits per heavy atom. The first-order valence-electron chi connectivity index (χ1n) is 12.0. The molecule has 8 nitrogen and oxygen atoms in total. The fourth-order valence-corrected chi connectivity index (χ4v) is 4.21. The van der Waals surface area contributed by atoms with E-state index < -0.39 is 5.97 Å². The SMILES string of the molecule is COC(=O)c1cc(OCc2coc(/C=C/c3ccc(Br)cc3F)n2)ccc1CCCCn1ccnc1CO. The predicted octanol–water partition coefficient (Wildman–Crippen LogP) is 5.82.